The van der Waals surface area contributed by atoms with Gasteiger partial charge in [-0.3, -0.25) is 0 Å². The highest BCUT2D eigenvalue weighted by Crippen LogP contribution is 2.46. The lowest BCUT2D eigenvalue weighted by atomic mass is 10.0. The van der Waals surface area contributed by atoms with Crippen LogP contribution in [0.4, 0.5) is 0 Å². The summed E-state index contributed by atoms with van der Waals surface area (Å²) in [7, 11) is 3.82. The molecule has 0 saturated carbocycles. The zero-order valence-electron chi connectivity index (χ0n) is 6.95. The van der Waals surface area contributed by atoms with Crippen LogP contribution in [0.25, 0.3) is 0 Å². The summed E-state index contributed by atoms with van der Waals surface area (Å²) in [6.07, 6.45) is 3.32. The van der Waals surface area contributed by atoms with Crippen molar-refractivity contribution in [2.45, 2.75) is 37.2 Å². The van der Waals surface area contributed by atoms with Crippen LogP contribution < -0.4 is 0 Å². The maximum absolute atomic E-state index is 10.6. The minimum absolute atomic E-state index is 0.289. The number of aldehydes is 1. The van der Waals surface area contributed by atoms with Crippen LogP contribution in [0.3, 0.4) is 0 Å². The largest absolute Gasteiger partial charge is 0.303 e. The van der Waals surface area contributed by atoms with Crippen LogP contribution in [-0.2, 0) is 4.79 Å². The normalized spacial score (nSPS) is 33.6. The van der Waals surface area contributed by atoms with Crippen molar-refractivity contribution in [2.24, 2.45) is 5.92 Å². The molecule has 0 N–H and O–H groups in total. The lowest BCUT2D eigenvalue weighted by Gasteiger charge is -2.12. The van der Waals surface area contributed by atoms with Crippen LogP contribution in [0.2, 0.25) is 0 Å². The summed E-state index contributed by atoms with van der Waals surface area (Å²) in [5.41, 5.74) is 0. The maximum atomic E-state index is 10.6. The predicted molar refractivity (Wildman–Crippen MR) is 52.9 cm³/mol. The minimum Gasteiger partial charge on any atom is -0.303 e. The molecule has 0 spiro atoms. The van der Waals surface area contributed by atoms with Gasteiger partial charge in [0.25, 0.3) is 0 Å². The molecule has 1 aliphatic rings. The first-order chi connectivity index (χ1) is 5.27. The third-order valence-corrected chi connectivity index (χ3v) is 5.51. The Morgan fingerprint density at radius 1 is 1.64 bits per heavy atom. The molecule has 0 aliphatic carbocycles. The van der Waals surface area contributed by atoms with Gasteiger partial charge in [-0.05, 0) is 12.8 Å². The van der Waals surface area contributed by atoms with E-state index >= 15 is 0 Å². The first kappa shape index (κ1) is 9.46. The van der Waals surface area contributed by atoms with Gasteiger partial charge in [0.15, 0.2) is 0 Å². The van der Waals surface area contributed by atoms with Gasteiger partial charge in [-0.15, -0.1) is 0 Å². The molecule has 0 aromatic heterocycles. The van der Waals surface area contributed by atoms with Crippen LogP contribution in [0.5, 0.6) is 0 Å². The minimum atomic E-state index is 0.289. The summed E-state index contributed by atoms with van der Waals surface area (Å²) in [5, 5.41) is 1.32. The quantitative estimate of drug-likeness (QED) is 0.503. The van der Waals surface area contributed by atoms with E-state index in [2.05, 4.69) is 13.8 Å². The van der Waals surface area contributed by atoms with E-state index < -0.39 is 0 Å². The van der Waals surface area contributed by atoms with Gasteiger partial charge in [-0.25, -0.2) is 0 Å². The summed E-state index contributed by atoms with van der Waals surface area (Å²) in [6.45, 7) is 4.32. The van der Waals surface area contributed by atoms with Crippen LogP contribution in [0, 0.1) is 5.92 Å². The molecule has 1 fully saturated rings. The van der Waals surface area contributed by atoms with Crippen molar-refractivity contribution < 1.29 is 4.79 Å². The number of carbonyl (C=O) groups is 1. The zero-order valence-corrected chi connectivity index (χ0v) is 8.58. The van der Waals surface area contributed by atoms with Crippen molar-refractivity contribution in [1.29, 1.82) is 0 Å². The third-order valence-electron chi connectivity index (χ3n) is 2.03. The Morgan fingerprint density at radius 3 is 2.73 bits per heavy atom. The SMILES string of the molecule is CCC(C=O)C1CC(C)SS1. The van der Waals surface area contributed by atoms with Crippen LogP contribution in [0.1, 0.15) is 26.7 Å². The van der Waals surface area contributed by atoms with Gasteiger partial charge in [0.2, 0.25) is 0 Å². The molecule has 3 atom stereocenters. The van der Waals surface area contributed by atoms with E-state index in [1.165, 1.54) is 6.42 Å². The Balaban J connectivity index is 2.40. The molecule has 3 unspecified atom stereocenters. The summed E-state index contributed by atoms with van der Waals surface area (Å²) < 4.78 is 0. The van der Waals surface area contributed by atoms with Crippen LogP contribution in [-0.4, -0.2) is 16.8 Å². The summed E-state index contributed by atoms with van der Waals surface area (Å²) >= 11 is 0. The second-order valence-corrected chi connectivity index (χ2v) is 5.94. The highest BCUT2D eigenvalue weighted by Gasteiger charge is 2.28. The monoisotopic (exact) mass is 190 g/mol. The number of hydrogen-bond acceptors (Lipinski definition) is 3. The van der Waals surface area contributed by atoms with Gasteiger partial charge in [0.05, 0.1) is 0 Å². The molecule has 0 amide bonds. The standard InChI is InChI=1S/C8H14OS2/c1-3-7(5-9)8-4-6(2)10-11-8/h5-8H,3-4H2,1-2H3. The van der Waals surface area contributed by atoms with Gasteiger partial charge in [-0.2, -0.15) is 0 Å². The molecule has 1 aliphatic heterocycles. The molecule has 0 radical (unpaired) electrons. The van der Waals surface area contributed by atoms with Crippen molar-refractivity contribution in [3.8, 4) is 0 Å². The lowest BCUT2D eigenvalue weighted by Crippen LogP contribution is -2.16. The van der Waals surface area contributed by atoms with Gasteiger partial charge in [-0.1, -0.05) is 35.4 Å². The fourth-order valence-corrected chi connectivity index (χ4v) is 4.67. The summed E-state index contributed by atoms with van der Waals surface area (Å²) in [5.74, 6) is 0.289. The first-order valence-electron chi connectivity index (χ1n) is 4.05. The van der Waals surface area contributed by atoms with Crippen molar-refractivity contribution >= 4 is 27.9 Å². The van der Waals surface area contributed by atoms with Crippen molar-refractivity contribution in [3.63, 3.8) is 0 Å². The predicted octanol–water partition coefficient (Wildman–Crippen LogP) is 2.75. The van der Waals surface area contributed by atoms with Crippen LogP contribution in [0.15, 0.2) is 0 Å². The smallest absolute Gasteiger partial charge is 0.124 e. The molecule has 0 bridgehead atoms. The Bertz CT molecular complexity index is 138. The molecule has 0 aromatic carbocycles. The Kier molecular flexibility index (Phi) is 3.79. The van der Waals surface area contributed by atoms with E-state index in [9.17, 15) is 4.79 Å². The zero-order chi connectivity index (χ0) is 8.27. The van der Waals surface area contributed by atoms with Gasteiger partial charge < -0.3 is 4.79 Å². The Labute approximate surface area is 76.1 Å². The molecule has 1 heterocycles. The summed E-state index contributed by atoms with van der Waals surface area (Å²) in [4.78, 5) is 10.6. The van der Waals surface area contributed by atoms with E-state index in [0.717, 1.165) is 18.0 Å². The second kappa shape index (κ2) is 4.41. The molecule has 64 valence electrons. The highest BCUT2D eigenvalue weighted by molar-refractivity contribution is 8.77. The molecule has 11 heavy (non-hydrogen) atoms. The fraction of sp³-hybridized carbons (Fsp3) is 0.875. The van der Waals surface area contributed by atoms with E-state index in [1.807, 2.05) is 21.6 Å². The van der Waals surface area contributed by atoms with Gasteiger partial charge >= 0.3 is 0 Å². The highest BCUT2D eigenvalue weighted by atomic mass is 33.1. The summed E-state index contributed by atoms with van der Waals surface area (Å²) in [6, 6.07) is 0. The lowest BCUT2D eigenvalue weighted by molar-refractivity contribution is -0.111. The fourth-order valence-electron chi connectivity index (χ4n) is 1.26. The Morgan fingerprint density at radius 2 is 2.36 bits per heavy atom. The van der Waals surface area contributed by atoms with E-state index in [-0.39, 0.29) is 5.92 Å². The number of carbonyl (C=O) groups excluding carboxylic acids is 1. The second-order valence-electron chi connectivity index (χ2n) is 2.99. The van der Waals surface area contributed by atoms with E-state index in [1.54, 1.807) is 0 Å². The van der Waals surface area contributed by atoms with Gasteiger partial charge in [0.1, 0.15) is 6.29 Å². The number of rotatable bonds is 3. The van der Waals surface area contributed by atoms with E-state index in [0.29, 0.717) is 5.25 Å². The average molecular weight is 190 g/mol. The average Bonchev–Trinajstić information content (AvgIpc) is 2.39. The maximum Gasteiger partial charge on any atom is 0.124 e. The molecule has 3 heteroatoms. The first-order valence-corrected chi connectivity index (χ1v) is 6.33. The molecule has 1 nitrogen and oxygen atoms in total. The van der Waals surface area contributed by atoms with Gasteiger partial charge in [0, 0.05) is 16.4 Å². The van der Waals surface area contributed by atoms with Crippen molar-refractivity contribution in [1.82, 2.24) is 0 Å². The Hall–Kier alpha value is 0.370. The third kappa shape index (κ3) is 2.41. The molecule has 1 rings (SSSR count). The number of hydrogen-bond donors (Lipinski definition) is 0. The molecule has 0 aromatic rings. The molecular weight excluding hydrogens is 176 g/mol. The van der Waals surface area contributed by atoms with Crippen LogP contribution >= 0.6 is 21.6 Å². The van der Waals surface area contributed by atoms with E-state index in [4.69, 9.17) is 0 Å². The topological polar surface area (TPSA) is 17.1 Å². The van der Waals surface area contributed by atoms with Crippen molar-refractivity contribution in [3.05, 3.63) is 0 Å². The van der Waals surface area contributed by atoms with Crippen molar-refractivity contribution in [2.75, 3.05) is 0 Å². The molecule has 1 saturated heterocycles. The molecular formula is C8H14OS2.